The van der Waals surface area contributed by atoms with Crippen molar-refractivity contribution in [3.8, 4) is 0 Å². The van der Waals surface area contributed by atoms with Crippen molar-refractivity contribution in [3.63, 3.8) is 0 Å². The number of nitrogens with one attached hydrogen (secondary N) is 2. The zero-order chi connectivity index (χ0) is 26.9. The number of rotatable bonds is 6. The van der Waals surface area contributed by atoms with E-state index in [-0.39, 0.29) is 36.4 Å². The molecular formula is C28H35N5O4. The maximum Gasteiger partial charge on any atom is 0.274 e. The van der Waals surface area contributed by atoms with Gasteiger partial charge in [0.2, 0.25) is 11.8 Å². The summed E-state index contributed by atoms with van der Waals surface area (Å²) in [7, 11) is 1.73. The smallest absolute Gasteiger partial charge is 0.274 e. The number of aliphatic hydroxyl groups is 1. The molecule has 1 aliphatic heterocycles. The van der Waals surface area contributed by atoms with Crippen LogP contribution in [0.3, 0.4) is 0 Å². The lowest BCUT2D eigenvalue weighted by Crippen LogP contribution is -2.54. The summed E-state index contributed by atoms with van der Waals surface area (Å²) in [5.74, 6) is -0.411. The third kappa shape index (κ3) is 5.67. The number of amides is 3. The average Bonchev–Trinajstić information content (AvgIpc) is 3.48. The molecule has 3 amide bonds. The summed E-state index contributed by atoms with van der Waals surface area (Å²) in [6.45, 7) is 7.55. The first-order valence-corrected chi connectivity index (χ1v) is 12.5. The average molecular weight is 506 g/mol. The summed E-state index contributed by atoms with van der Waals surface area (Å²) in [4.78, 5) is 49.2. The molecule has 3 N–H and O–H groups in total. The van der Waals surface area contributed by atoms with Gasteiger partial charge in [0, 0.05) is 39.7 Å². The number of nitrogens with zero attached hydrogens (tertiary/aromatic N) is 3. The van der Waals surface area contributed by atoms with Gasteiger partial charge >= 0.3 is 0 Å². The molecule has 9 nitrogen and oxygen atoms in total. The Hall–Kier alpha value is -3.72. The fourth-order valence-electron chi connectivity index (χ4n) is 4.90. The molecule has 9 heteroatoms. The lowest BCUT2D eigenvalue weighted by molar-refractivity contribution is -0.140. The number of H-pyrrole nitrogens is 1. The number of fused-ring (bicyclic) bond motifs is 1. The van der Waals surface area contributed by atoms with Gasteiger partial charge < -0.3 is 25.2 Å². The molecule has 1 aromatic heterocycles. The summed E-state index contributed by atoms with van der Waals surface area (Å²) in [6.07, 6.45) is 1.10. The van der Waals surface area contributed by atoms with E-state index in [0.717, 1.165) is 16.3 Å². The number of carbonyl (C=O) groups excluding carboxylic acids is 3. The van der Waals surface area contributed by atoms with Gasteiger partial charge in [-0.05, 0) is 21.8 Å². The molecule has 4 rings (SSSR count). The zero-order valence-corrected chi connectivity index (χ0v) is 22.0. The van der Waals surface area contributed by atoms with Crippen LogP contribution < -0.4 is 5.32 Å². The number of carbonyl (C=O) groups is 3. The van der Waals surface area contributed by atoms with Crippen molar-refractivity contribution in [2.24, 2.45) is 5.41 Å². The van der Waals surface area contributed by atoms with Crippen LogP contribution in [0.15, 0.2) is 48.7 Å². The summed E-state index contributed by atoms with van der Waals surface area (Å²) < 4.78 is 0. The van der Waals surface area contributed by atoms with Crippen LogP contribution in [-0.4, -0.2) is 68.3 Å². The van der Waals surface area contributed by atoms with Gasteiger partial charge in [-0.3, -0.25) is 14.4 Å². The van der Waals surface area contributed by atoms with E-state index in [9.17, 15) is 19.5 Å². The molecule has 0 unspecified atom stereocenters. The number of aromatic amines is 1. The SMILES string of the molecule is CC(=O)N[C@H](C(=O)N1C[C@H](O)C[C@H]1c1nc(C(=O)N(C)Cc2cccc3ccccc23)c[nH]1)C(C)(C)C. The lowest BCUT2D eigenvalue weighted by atomic mass is 9.85. The first-order valence-electron chi connectivity index (χ1n) is 12.5. The molecule has 2 heterocycles. The quantitative estimate of drug-likeness (QED) is 0.476. The summed E-state index contributed by atoms with van der Waals surface area (Å²) in [6, 6.07) is 12.8. The Bertz CT molecular complexity index is 1310. The first kappa shape index (κ1) is 26.3. The van der Waals surface area contributed by atoms with Crippen molar-refractivity contribution in [1.29, 1.82) is 0 Å². The van der Waals surface area contributed by atoms with Crippen LogP contribution >= 0.6 is 0 Å². The van der Waals surface area contributed by atoms with Crippen molar-refractivity contribution in [2.45, 2.75) is 58.8 Å². The van der Waals surface area contributed by atoms with E-state index in [1.807, 2.05) is 63.2 Å². The number of aliphatic hydroxyl groups excluding tert-OH is 1. The Morgan fingerprint density at radius 3 is 2.59 bits per heavy atom. The van der Waals surface area contributed by atoms with E-state index >= 15 is 0 Å². The van der Waals surface area contributed by atoms with E-state index in [0.29, 0.717) is 12.4 Å². The second-order valence-corrected chi connectivity index (χ2v) is 10.9. The van der Waals surface area contributed by atoms with Crippen LogP contribution in [0.2, 0.25) is 0 Å². The van der Waals surface area contributed by atoms with Gasteiger partial charge in [-0.1, -0.05) is 63.2 Å². The molecule has 0 aliphatic carbocycles. The summed E-state index contributed by atoms with van der Waals surface area (Å²) in [5.41, 5.74) is 0.738. The second-order valence-electron chi connectivity index (χ2n) is 10.9. The largest absolute Gasteiger partial charge is 0.391 e. The van der Waals surface area contributed by atoms with Crippen LogP contribution in [0.1, 0.15) is 62.0 Å². The van der Waals surface area contributed by atoms with Crippen molar-refractivity contribution < 1.29 is 19.5 Å². The maximum atomic E-state index is 13.5. The first-order chi connectivity index (χ1) is 17.5. The summed E-state index contributed by atoms with van der Waals surface area (Å²) >= 11 is 0. The van der Waals surface area contributed by atoms with Gasteiger partial charge in [0.1, 0.15) is 17.6 Å². The topological polar surface area (TPSA) is 119 Å². The standard InChI is InChI=1S/C28H35N5O4/c1-17(34)30-24(28(2,3)4)27(37)33-16-20(35)13-23(33)25-29-14-22(31-25)26(36)32(5)15-19-11-8-10-18-9-6-7-12-21(18)19/h6-12,14,20,23-24,35H,13,15-16H2,1-5H3,(H,29,31)(H,30,34)/t20-,23+,24-/m1/s1. The Morgan fingerprint density at radius 2 is 1.89 bits per heavy atom. The van der Waals surface area contributed by atoms with Crippen molar-refractivity contribution >= 4 is 28.5 Å². The minimum Gasteiger partial charge on any atom is -0.391 e. The Labute approximate surface area is 216 Å². The molecule has 196 valence electrons. The maximum absolute atomic E-state index is 13.5. The van der Waals surface area contributed by atoms with Crippen LogP contribution in [0.25, 0.3) is 10.8 Å². The molecule has 1 fully saturated rings. The number of hydrogen-bond acceptors (Lipinski definition) is 5. The molecule has 2 aromatic carbocycles. The highest BCUT2D eigenvalue weighted by molar-refractivity contribution is 5.93. The number of benzene rings is 2. The Morgan fingerprint density at radius 1 is 1.19 bits per heavy atom. The predicted octanol–water partition coefficient (Wildman–Crippen LogP) is 3.02. The van der Waals surface area contributed by atoms with Gasteiger partial charge in [0.05, 0.1) is 12.1 Å². The zero-order valence-electron chi connectivity index (χ0n) is 22.0. The highest BCUT2D eigenvalue weighted by Gasteiger charge is 2.43. The van der Waals surface area contributed by atoms with E-state index in [1.54, 1.807) is 23.0 Å². The monoisotopic (exact) mass is 505 g/mol. The number of aromatic nitrogens is 2. The fraction of sp³-hybridized carbons (Fsp3) is 0.429. The Kier molecular flexibility index (Phi) is 7.36. The van der Waals surface area contributed by atoms with Crippen LogP contribution in [-0.2, 0) is 16.1 Å². The van der Waals surface area contributed by atoms with Gasteiger partial charge in [-0.25, -0.2) is 4.98 Å². The molecule has 0 saturated carbocycles. The third-order valence-electron chi connectivity index (χ3n) is 6.79. The van der Waals surface area contributed by atoms with Gasteiger partial charge in [-0.2, -0.15) is 0 Å². The van der Waals surface area contributed by atoms with Crippen LogP contribution in [0.4, 0.5) is 0 Å². The van der Waals surface area contributed by atoms with Crippen molar-refractivity contribution in [3.05, 3.63) is 65.7 Å². The van der Waals surface area contributed by atoms with Crippen molar-refractivity contribution in [1.82, 2.24) is 25.1 Å². The normalized spacial score (nSPS) is 18.6. The van der Waals surface area contributed by atoms with Gasteiger partial charge in [0.25, 0.3) is 5.91 Å². The van der Waals surface area contributed by atoms with Gasteiger partial charge in [0.15, 0.2) is 0 Å². The number of likely N-dealkylation sites (tertiary alicyclic amines) is 1. The molecular weight excluding hydrogens is 470 g/mol. The van der Waals surface area contributed by atoms with E-state index in [2.05, 4.69) is 15.3 Å². The molecule has 0 bridgehead atoms. The fourth-order valence-corrected chi connectivity index (χ4v) is 4.90. The lowest BCUT2D eigenvalue weighted by Gasteiger charge is -2.35. The van der Waals surface area contributed by atoms with Gasteiger partial charge in [-0.15, -0.1) is 0 Å². The third-order valence-corrected chi connectivity index (χ3v) is 6.79. The van der Waals surface area contributed by atoms with Crippen molar-refractivity contribution in [2.75, 3.05) is 13.6 Å². The minimum atomic E-state index is -0.763. The predicted molar refractivity (Wildman–Crippen MR) is 140 cm³/mol. The van der Waals surface area contributed by atoms with E-state index in [4.69, 9.17) is 0 Å². The van der Waals surface area contributed by atoms with Crippen LogP contribution in [0, 0.1) is 5.41 Å². The molecule has 1 aliphatic rings. The molecule has 0 radical (unpaired) electrons. The molecule has 3 atom stereocenters. The molecule has 0 spiro atoms. The van der Waals surface area contributed by atoms with E-state index in [1.165, 1.54) is 6.92 Å². The molecule has 1 saturated heterocycles. The second kappa shape index (κ2) is 10.3. The van der Waals surface area contributed by atoms with E-state index < -0.39 is 23.6 Å². The highest BCUT2D eigenvalue weighted by Crippen LogP contribution is 2.33. The number of hydrogen-bond donors (Lipinski definition) is 3. The number of β-amino-alcohol motifs (C(OH)–C–C–N with tert-alkyl or cyclic N) is 1. The Balaban J connectivity index is 1.53. The molecule has 3 aromatic rings. The summed E-state index contributed by atoms with van der Waals surface area (Å²) in [5, 5.41) is 15.4. The molecule has 37 heavy (non-hydrogen) atoms. The van der Waals surface area contributed by atoms with Crippen LogP contribution in [0.5, 0.6) is 0 Å². The highest BCUT2D eigenvalue weighted by atomic mass is 16.3. The number of imidazole rings is 1. The minimum absolute atomic E-state index is 0.126.